The number of phenolic OH excluding ortho intramolecular Hbond substituents is 1. The molecule has 1 aliphatic heterocycles. The molecule has 3 N–H and O–H groups in total. The van der Waals surface area contributed by atoms with Crippen LogP contribution in [-0.2, 0) is 6.54 Å². The molecule has 0 saturated heterocycles. The van der Waals surface area contributed by atoms with Crippen LogP contribution >= 0.6 is 11.3 Å². The average Bonchev–Trinajstić information content (AvgIpc) is 3.53. The summed E-state index contributed by atoms with van der Waals surface area (Å²) < 4.78 is 13.6. The van der Waals surface area contributed by atoms with Crippen LogP contribution in [0.15, 0.2) is 84.2 Å². The summed E-state index contributed by atoms with van der Waals surface area (Å²) in [4.78, 5) is 19.1. The number of hydrogen-bond donors (Lipinski definition) is 2. The highest BCUT2D eigenvalue weighted by Gasteiger charge is 2.35. The first-order chi connectivity index (χ1) is 16.5. The lowest BCUT2D eigenvalue weighted by Gasteiger charge is -2.22. The van der Waals surface area contributed by atoms with Crippen molar-refractivity contribution in [3.05, 3.63) is 107 Å². The van der Waals surface area contributed by atoms with E-state index < -0.39 is 6.04 Å². The number of rotatable bonds is 5. The van der Waals surface area contributed by atoms with Crippen molar-refractivity contribution in [2.24, 2.45) is 10.8 Å². The summed E-state index contributed by atoms with van der Waals surface area (Å²) in [5.41, 5.74) is 9.44. The zero-order valence-electron chi connectivity index (χ0n) is 18.1. The third-order valence-electron chi connectivity index (χ3n) is 5.78. The van der Waals surface area contributed by atoms with E-state index in [2.05, 4.69) is 10.1 Å². The molecule has 170 valence electrons. The molecule has 0 bridgehead atoms. The van der Waals surface area contributed by atoms with Gasteiger partial charge in [-0.25, -0.2) is 9.40 Å². The van der Waals surface area contributed by atoms with E-state index in [-0.39, 0.29) is 24.0 Å². The largest absolute Gasteiger partial charge is 0.508 e. The lowest BCUT2D eigenvalue weighted by molar-refractivity contribution is 0.0714. The van der Waals surface area contributed by atoms with Crippen molar-refractivity contribution < 1.29 is 14.3 Å². The zero-order valence-corrected chi connectivity index (χ0v) is 18.9. The topological polar surface area (TPSA) is 91.8 Å². The van der Waals surface area contributed by atoms with Gasteiger partial charge in [-0.05, 0) is 47.5 Å². The van der Waals surface area contributed by atoms with Gasteiger partial charge in [-0.3, -0.25) is 9.78 Å². The number of thiophene rings is 1. The number of carbonyl (C=O) groups excluding carboxylic acids is 1. The van der Waals surface area contributed by atoms with E-state index >= 15 is 0 Å². The number of pyridine rings is 1. The Kier molecular flexibility index (Phi) is 5.91. The summed E-state index contributed by atoms with van der Waals surface area (Å²) in [6, 6.07) is 18.3. The fraction of sp³-hybridized carbons (Fsp3) is 0.115. The van der Waals surface area contributed by atoms with E-state index in [0.717, 1.165) is 21.7 Å². The molecule has 6 nitrogen and oxygen atoms in total. The average molecular weight is 473 g/mol. The van der Waals surface area contributed by atoms with Crippen LogP contribution in [0.25, 0.3) is 10.4 Å². The number of amides is 1. The van der Waals surface area contributed by atoms with Gasteiger partial charge in [0.05, 0.1) is 16.6 Å². The highest BCUT2D eigenvalue weighted by molar-refractivity contribution is 7.17. The van der Waals surface area contributed by atoms with Crippen LogP contribution in [0.3, 0.4) is 0 Å². The van der Waals surface area contributed by atoms with Crippen LogP contribution in [-0.4, -0.2) is 26.7 Å². The number of aromatic nitrogens is 1. The van der Waals surface area contributed by atoms with E-state index in [1.165, 1.54) is 28.5 Å². The number of phenols is 1. The van der Waals surface area contributed by atoms with E-state index in [1.54, 1.807) is 42.7 Å². The SMILES string of the molecule is NCc1cc(F)ccc1-c1ccc(C(=O)N2N=C(c3cccnc3)CC2c2ccccc2O)s1. The summed E-state index contributed by atoms with van der Waals surface area (Å²) >= 11 is 1.30. The first-order valence-corrected chi connectivity index (χ1v) is 11.5. The Labute approximate surface area is 199 Å². The number of carbonyl (C=O) groups is 1. The van der Waals surface area contributed by atoms with Gasteiger partial charge in [-0.2, -0.15) is 5.10 Å². The molecule has 0 radical (unpaired) electrons. The number of para-hydroxylation sites is 1. The normalized spacial score (nSPS) is 15.4. The number of benzene rings is 2. The molecule has 1 amide bonds. The van der Waals surface area contributed by atoms with Gasteiger partial charge in [0.25, 0.3) is 5.91 Å². The van der Waals surface area contributed by atoms with Gasteiger partial charge in [0.1, 0.15) is 11.6 Å². The van der Waals surface area contributed by atoms with Crippen LogP contribution in [0, 0.1) is 5.82 Å². The molecule has 2 aromatic heterocycles. The molecule has 1 unspecified atom stereocenters. The van der Waals surface area contributed by atoms with Gasteiger partial charge in [-0.1, -0.05) is 30.3 Å². The fourth-order valence-electron chi connectivity index (χ4n) is 4.10. The van der Waals surface area contributed by atoms with Gasteiger partial charge in [0, 0.05) is 41.4 Å². The molecular weight excluding hydrogens is 451 g/mol. The maximum absolute atomic E-state index is 13.6. The molecule has 0 saturated carbocycles. The summed E-state index contributed by atoms with van der Waals surface area (Å²) in [6.07, 6.45) is 3.84. The van der Waals surface area contributed by atoms with Crippen LogP contribution in [0.5, 0.6) is 5.75 Å². The van der Waals surface area contributed by atoms with Crippen molar-refractivity contribution in [1.29, 1.82) is 0 Å². The van der Waals surface area contributed by atoms with Crippen LogP contribution in [0.2, 0.25) is 0 Å². The van der Waals surface area contributed by atoms with Crippen molar-refractivity contribution in [3.63, 3.8) is 0 Å². The predicted octanol–water partition coefficient (Wildman–Crippen LogP) is 5.11. The second kappa shape index (κ2) is 9.17. The number of halogens is 1. The maximum Gasteiger partial charge on any atom is 0.284 e. The second-order valence-electron chi connectivity index (χ2n) is 7.89. The van der Waals surface area contributed by atoms with Crippen molar-refractivity contribution >= 4 is 23.0 Å². The Hall–Kier alpha value is -3.88. The lowest BCUT2D eigenvalue weighted by Crippen LogP contribution is -2.26. The third kappa shape index (κ3) is 4.09. The van der Waals surface area contributed by atoms with Gasteiger partial charge >= 0.3 is 0 Å². The van der Waals surface area contributed by atoms with Crippen molar-refractivity contribution in [3.8, 4) is 16.2 Å². The number of nitrogens with zero attached hydrogens (tertiary/aromatic N) is 3. The minimum Gasteiger partial charge on any atom is -0.508 e. The summed E-state index contributed by atoms with van der Waals surface area (Å²) in [5.74, 6) is -0.518. The Bertz CT molecular complexity index is 1390. The van der Waals surface area contributed by atoms with Crippen LogP contribution in [0.4, 0.5) is 4.39 Å². The highest BCUT2D eigenvalue weighted by atomic mass is 32.1. The van der Waals surface area contributed by atoms with Crippen LogP contribution < -0.4 is 5.73 Å². The van der Waals surface area contributed by atoms with E-state index in [4.69, 9.17) is 5.73 Å². The summed E-state index contributed by atoms with van der Waals surface area (Å²) in [6.45, 7) is 0.189. The van der Waals surface area contributed by atoms with Gasteiger partial charge in [0.15, 0.2) is 0 Å². The van der Waals surface area contributed by atoms with Crippen molar-refractivity contribution in [2.45, 2.75) is 19.0 Å². The zero-order chi connectivity index (χ0) is 23.7. The van der Waals surface area contributed by atoms with Crippen molar-refractivity contribution in [1.82, 2.24) is 9.99 Å². The Morgan fingerprint density at radius 2 is 2.00 bits per heavy atom. The molecule has 1 aliphatic rings. The molecule has 0 aliphatic carbocycles. The molecule has 4 aromatic rings. The minimum absolute atomic E-state index is 0.110. The van der Waals surface area contributed by atoms with Gasteiger partial charge in [-0.15, -0.1) is 11.3 Å². The maximum atomic E-state index is 13.6. The second-order valence-corrected chi connectivity index (χ2v) is 8.97. The lowest BCUT2D eigenvalue weighted by atomic mass is 9.98. The standard InChI is InChI=1S/C26H21FN4O2S/c27-18-7-8-19(17(12-18)14-28)24-9-10-25(34-24)26(33)31-22(20-5-1-2-6-23(20)32)13-21(30-31)16-4-3-11-29-15-16/h1-12,15,22,32H,13-14,28H2. The minimum atomic E-state index is -0.458. The predicted molar refractivity (Wildman–Crippen MR) is 130 cm³/mol. The molecule has 0 fully saturated rings. The smallest absolute Gasteiger partial charge is 0.284 e. The molecule has 8 heteroatoms. The number of aromatic hydroxyl groups is 1. The quantitative estimate of drug-likeness (QED) is 0.422. The monoisotopic (exact) mass is 472 g/mol. The van der Waals surface area contributed by atoms with Gasteiger partial charge < -0.3 is 10.8 Å². The molecule has 0 spiro atoms. The molecule has 34 heavy (non-hydrogen) atoms. The van der Waals surface area contributed by atoms with Crippen LogP contribution in [0.1, 0.15) is 38.8 Å². The molecule has 3 heterocycles. The molecular formula is C26H21FN4O2S. The fourth-order valence-corrected chi connectivity index (χ4v) is 5.10. The molecule has 5 rings (SSSR count). The van der Waals surface area contributed by atoms with E-state index in [0.29, 0.717) is 22.4 Å². The van der Waals surface area contributed by atoms with E-state index in [1.807, 2.05) is 24.3 Å². The molecule has 1 atom stereocenters. The Morgan fingerprint density at radius 3 is 2.76 bits per heavy atom. The Balaban J connectivity index is 1.52. The highest BCUT2D eigenvalue weighted by Crippen LogP contribution is 2.39. The summed E-state index contributed by atoms with van der Waals surface area (Å²) in [5, 5.41) is 16.6. The first-order valence-electron chi connectivity index (χ1n) is 10.7. The number of hydrogen-bond acceptors (Lipinski definition) is 6. The third-order valence-corrected chi connectivity index (χ3v) is 6.88. The molecule has 2 aromatic carbocycles. The van der Waals surface area contributed by atoms with E-state index in [9.17, 15) is 14.3 Å². The summed E-state index contributed by atoms with van der Waals surface area (Å²) in [7, 11) is 0. The van der Waals surface area contributed by atoms with Crippen molar-refractivity contribution in [2.75, 3.05) is 0 Å². The number of nitrogens with two attached hydrogens (primary N) is 1. The Morgan fingerprint density at radius 1 is 1.15 bits per heavy atom. The first kappa shape index (κ1) is 21.9. The number of hydrazone groups is 1. The van der Waals surface area contributed by atoms with Gasteiger partial charge in [0.2, 0.25) is 0 Å².